The second-order valence-corrected chi connectivity index (χ2v) is 5.19. The van der Waals surface area contributed by atoms with E-state index in [2.05, 4.69) is 6.92 Å². The first-order chi connectivity index (χ1) is 10.0. The van der Waals surface area contributed by atoms with Crippen LogP contribution in [0.25, 0.3) is 11.1 Å². The quantitative estimate of drug-likeness (QED) is 0.584. The minimum atomic E-state index is -4.30. The van der Waals surface area contributed by atoms with Gasteiger partial charge in [0.1, 0.15) is 0 Å². The molecule has 0 nitrogen and oxygen atoms in total. The Hall–Kier alpha value is -1.77. The zero-order valence-corrected chi connectivity index (χ0v) is 12.1. The molecule has 2 aromatic rings. The van der Waals surface area contributed by atoms with Gasteiger partial charge < -0.3 is 0 Å². The van der Waals surface area contributed by atoms with E-state index in [1.807, 2.05) is 24.3 Å². The molecule has 0 unspecified atom stereocenters. The SMILES string of the molecule is CCCCCc1ccccc1-c1cccc(C(F)(F)F)c1. The van der Waals surface area contributed by atoms with Crippen LogP contribution in [0.4, 0.5) is 13.2 Å². The lowest BCUT2D eigenvalue weighted by atomic mass is 9.95. The van der Waals surface area contributed by atoms with E-state index in [4.69, 9.17) is 0 Å². The maximum Gasteiger partial charge on any atom is 0.416 e. The van der Waals surface area contributed by atoms with Gasteiger partial charge in [-0.3, -0.25) is 0 Å². The van der Waals surface area contributed by atoms with Crippen LogP contribution in [0, 0.1) is 0 Å². The minimum Gasteiger partial charge on any atom is -0.166 e. The maximum atomic E-state index is 12.8. The third kappa shape index (κ3) is 4.10. The molecule has 0 N–H and O–H groups in total. The summed E-state index contributed by atoms with van der Waals surface area (Å²) >= 11 is 0. The number of alkyl halides is 3. The highest BCUT2D eigenvalue weighted by Gasteiger charge is 2.30. The maximum absolute atomic E-state index is 12.8. The molecule has 0 fully saturated rings. The first kappa shape index (κ1) is 15.6. The molecule has 21 heavy (non-hydrogen) atoms. The Morgan fingerprint density at radius 3 is 2.38 bits per heavy atom. The van der Waals surface area contributed by atoms with Gasteiger partial charge >= 0.3 is 6.18 Å². The lowest BCUT2D eigenvalue weighted by molar-refractivity contribution is -0.137. The zero-order chi connectivity index (χ0) is 15.3. The van der Waals surface area contributed by atoms with Crippen molar-refractivity contribution < 1.29 is 13.2 Å². The summed E-state index contributed by atoms with van der Waals surface area (Å²) in [7, 11) is 0. The average Bonchev–Trinajstić information content (AvgIpc) is 2.47. The van der Waals surface area contributed by atoms with Crippen molar-refractivity contribution in [2.75, 3.05) is 0 Å². The third-order valence-corrected chi connectivity index (χ3v) is 3.57. The summed E-state index contributed by atoms with van der Waals surface area (Å²) in [6, 6.07) is 13.3. The summed E-state index contributed by atoms with van der Waals surface area (Å²) < 4.78 is 38.5. The Balaban J connectivity index is 2.33. The number of unbranched alkanes of at least 4 members (excludes halogenated alkanes) is 2. The molecule has 0 aromatic heterocycles. The average molecular weight is 292 g/mol. The van der Waals surface area contributed by atoms with E-state index in [1.165, 1.54) is 12.1 Å². The molecule has 0 spiro atoms. The van der Waals surface area contributed by atoms with Gasteiger partial charge in [0.25, 0.3) is 0 Å². The molecule has 2 aromatic carbocycles. The Labute approximate surface area is 123 Å². The second-order valence-electron chi connectivity index (χ2n) is 5.19. The van der Waals surface area contributed by atoms with Crippen molar-refractivity contribution in [3.63, 3.8) is 0 Å². The van der Waals surface area contributed by atoms with Crippen molar-refractivity contribution in [1.29, 1.82) is 0 Å². The topological polar surface area (TPSA) is 0 Å². The Kier molecular flexibility index (Phi) is 5.05. The fourth-order valence-electron chi connectivity index (χ4n) is 2.45. The smallest absolute Gasteiger partial charge is 0.166 e. The highest BCUT2D eigenvalue weighted by atomic mass is 19.4. The fourth-order valence-corrected chi connectivity index (χ4v) is 2.45. The summed E-state index contributed by atoms with van der Waals surface area (Å²) in [5.41, 5.74) is 2.06. The molecule has 0 amide bonds. The monoisotopic (exact) mass is 292 g/mol. The van der Waals surface area contributed by atoms with Gasteiger partial charge in [-0.25, -0.2) is 0 Å². The van der Waals surface area contributed by atoms with E-state index < -0.39 is 11.7 Å². The van der Waals surface area contributed by atoms with Crippen molar-refractivity contribution in [2.24, 2.45) is 0 Å². The van der Waals surface area contributed by atoms with Gasteiger partial charge in [0.2, 0.25) is 0 Å². The van der Waals surface area contributed by atoms with E-state index in [1.54, 1.807) is 6.07 Å². The number of aryl methyl sites for hydroxylation is 1. The van der Waals surface area contributed by atoms with Gasteiger partial charge in [-0.15, -0.1) is 0 Å². The molecule has 2 rings (SSSR count). The van der Waals surface area contributed by atoms with E-state index in [0.717, 1.165) is 42.9 Å². The molecule has 0 aliphatic rings. The molecule has 0 saturated heterocycles. The predicted molar refractivity (Wildman–Crippen MR) is 80.1 cm³/mol. The number of rotatable bonds is 5. The van der Waals surface area contributed by atoms with E-state index >= 15 is 0 Å². The lowest BCUT2D eigenvalue weighted by Gasteiger charge is -2.12. The van der Waals surface area contributed by atoms with Crippen molar-refractivity contribution in [2.45, 2.75) is 38.8 Å². The second kappa shape index (κ2) is 6.79. The van der Waals surface area contributed by atoms with Crippen molar-refractivity contribution >= 4 is 0 Å². The van der Waals surface area contributed by atoms with Crippen molar-refractivity contribution in [3.8, 4) is 11.1 Å². The van der Waals surface area contributed by atoms with Gasteiger partial charge in [-0.2, -0.15) is 13.2 Å². The van der Waals surface area contributed by atoms with Crippen LogP contribution >= 0.6 is 0 Å². The molecular weight excluding hydrogens is 273 g/mol. The van der Waals surface area contributed by atoms with Gasteiger partial charge in [-0.05, 0) is 41.7 Å². The van der Waals surface area contributed by atoms with Crippen LogP contribution in [0.1, 0.15) is 37.3 Å². The largest absolute Gasteiger partial charge is 0.416 e. The van der Waals surface area contributed by atoms with E-state index in [0.29, 0.717) is 5.56 Å². The van der Waals surface area contributed by atoms with Crippen molar-refractivity contribution in [1.82, 2.24) is 0 Å². The van der Waals surface area contributed by atoms with Gasteiger partial charge in [0.05, 0.1) is 5.56 Å². The molecule has 0 atom stereocenters. The first-order valence-corrected chi connectivity index (χ1v) is 7.28. The minimum absolute atomic E-state index is 0.594. The van der Waals surface area contributed by atoms with E-state index in [-0.39, 0.29) is 0 Å². The Morgan fingerprint density at radius 1 is 0.905 bits per heavy atom. The molecule has 0 heterocycles. The Bertz CT molecular complexity index is 585. The number of halogens is 3. The standard InChI is InChI=1S/C18H19F3/c1-2-3-4-8-14-9-5-6-12-17(14)15-10-7-11-16(13-15)18(19,20)21/h5-7,9-13H,2-4,8H2,1H3. The van der Waals surface area contributed by atoms with Crippen LogP contribution in [-0.2, 0) is 12.6 Å². The van der Waals surface area contributed by atoms with Gasteiger partial charge in [0, 0.05) is 0 Å². The molecule has 112 valence electrons. The van der Waals surface area contributed by atoms with Gasteiger partial charge in [-0.1, -0.05) is 56.2 Å². The predicted octanol–water partition coefficient (Wildman–Crippen LogP) is 6.11. The van der Waals surface area contributed by atoms with Crippen LogP contribution in [-0.4, -0.2) is 0 Å². The number of benzene rings is 2. The molecule has 0 saturated carbocycles. The van der Waals surface area contributed by atoms with Crippen molar-refractivity contribution in [3.05, 3.63) is 59.7 Å². The summed E-state index contributed by atoms with van der Waals surface area (Å²) in [5.74, 6) is 0. The first-order valence-electron chi connectivity index (χ1n) is 7.28. The normalized spacial score (nSPS) is 11.6. The van der Waals surface area contributed by atoms with Gasteiger partial charge in [0.15, 0.2) is 0 Å². The number of hydrogen-bond donors (Lipinski definition) is 0. The zero-order valence-electron chi connectivity index (χ0n) is 12.1. The third-order valence-electron chi connectivity index (χ3n) is 3.57. The molecule has 0 radical (unpaired) electrons. The molecular formula is C18H19F3. The van der Waals surface area contributed by atoms with Crippen LogP contribution in [0.2, 0.25) is 0 Å². The van der Waals surface area contributed by atoms with Crippen LogP contribution in [0.3, 0.4) is 0 Å². The molecule has 3 heteroatoms. The summed E-state index contributed by atoms with van der Waals surface area (Å²) in [5, 5.41) is 0. The highest BCUT2D eigenvalue weighted by Crippen LogP contribution is 2.33. The summed E-state index contributed by atoms with van der Waals surface area (Å²) in [6.07, 6.45) is -0.0669. The number of hydrogen-bond acceptors (Lipinski definition) is 0. The molecule has 0 bridgehead atoms. The Morgan fingerprint density at radius 2 is 1.67 bits per heavy atom. The van der Waals surface area contributed by atoms with Crippen LogP contribution in [0.5, 0.6) is 0 Å². The van der Waals surface area contributed by atoms with Crippen LogP contribution < -0.4 is 0 Å². The summed E-state index contributed by atoms with van der Waals surface area (Å²) in [4.78, 5) is 0. The molecule has 0 aliphatic heterocycles. The summed E-state index contributed by atoms with van der Waals surface area (Å²) in [6.45, 7) is 2.14. The van der Waals surface area contributed by atoms with E-state index in [9.17, 15) is 13.2 Å². The fraction of sp³-hybridized carbons (Fsp3) is 0.333. The molecule has 0 aliphatic carbocycles. The highest BCUT2D eigenvalue weighted by molar-refractivity contribution is 5.68. The lowest BCUT2D eigenvalue weighted by Crippen LogP contribution is -2.04. The van der Waals surface area contributed by atoms with Crippen LogP contribution in [0.15, 0.2) is 48.5 Å².